The second kappa shape index (κ2) is 9.78. The van der Waals surface area contributed by atoms with Gasteiger partial charge in [0.1, 0.15) is 5.75 Å². The lowest BCUT2D eigenvalue weighted by molar-refractivity contribution is -0.118. The molecule has 0 aliphatic heterocycles. The Morgan fingerprint density at radius 2 is 1.94 bits per heavy atom. The van der Waals surface area contributed by atoms with E-state index >= 15 is 0 Å². The standard InChI is InChI=1S/C23H27BrN4O2S/c1-7-15(5)27-28-23-25-18-10-13(3)20(16(6)22(18)31-23)26-19(29)11-30-21-14(4)8-12(2)9-17(21)24/h8-10H,7,11H2,1-6H3,(H,25,28)(H,26,29)/b27-15+. The fourth-order valence-corrected chi connectivity index (χ4v) is 4.93. The van der Waals surface area contributed by atoms with Gasteiger partial charge >= 0.3 is 0 Å². The summed E-state index contributed by atoms with van der Waals surface area (Å²) in [7, 11) is 0. The molecule has 0 atom stereocenters. The molecule has 1 heterocycles. The largest absolute Gasteiger partial charge is 0.482 e. The third kappa shape index (κ3) is 5.43. The van der Waals surface area contributed by atoms with Crippen molar-refractivity contribution in [1.82, 2.24) is 4.98 Å². The average molecular weight is 503 g/mol. The highest BCUT2D eigenvalue weighted by molar-refractivity contribution is 9.10. The molecule has 0 spiro atoms. The highest BCUT2D eigenvalue weighted by Crippen LogP contribution is 2.35. The van der Waals surface area contributed by atoms with Crippen molar-refractivity contribution in [3.05, 3.63) is 44.9 Å². The van der Waals surface area contributed by atoms with Gasteiger partial charge in [0.25, 0.3) is 5.91 Å². The Kier molecular flexibility index (Phi) is 7.33. The van der Waals surface area contributed by atoms with Crippen molar-refractivity contribution in [2.75, 3.05) is 17.3 Å². The summed E-state index contributed by atoms with van der Waals surface area (Å²) >= 11 is 5.04. The van der Waals surface area contributed by atoms with Crippen LogP contribution in [0.4, 0.5) is 10.8 Å². The van der Waals surface area contributed by atoms with Crippen LogP contribution in [-0.4, -0.2) is 23.2 Å². The molecule has 3 aromatic rings. The summed E-state index contributed by atoms with van der Waals surface area (Å²) in [5.41, 5.74) is 9.78. The summed E-state index contributed by atoms with van der Waals surface area (Å²) in [4.78, 5) is 17.3. The van der Waals surface area contributed by atoms with Gasteiger partial charge in [-0.25, -0.2) is 4.98 Å². The van der Waals surface area contributed by atoms with Crippen LogP contribution in [0, 0.1) is 27.7 Å². The van der Waals surface area contributed by atoms with Gasteiger partial charge in [0, 0.05) is 11.4 Å². The van der Waals surface area contributed by atoms with E-state index in [0.29, 0.717) is 5.75 Å². The van der Waals surface area contributed by atoms with E-state index in [1.54, 1.807) is 0 Å². The molecule has 0 aliphatic carbocycles. The number of aromatic nitrogens is 1. The van der Waals surface area contributed by atoms with E-state index in [1.807, 2.05) is 52.8 Å². The maximum Gasteiger partial charge on any atom is 0.262 e. The average Bonchev–Trinajstić information content (AvgIpc) is 3.11. The zero-order chi connectivity index (χ0) is 22.7. The van der Waals surface area contributed by atoms with Gasteiger partial charge in [-0.3, -0.25) is 10.2 Å². The van der Waals surface area contributed by atoms with Crippen LogP contribution >= 0.6 is 27.3 Å². The van der Waals surface area contributed by atoms with Crippen molar-refractivity contribution in [1.29, 1.82) is 0 Å². The number of rotatable bonds is 7. The molecule has 6 nitrogen and oxygen atoms in total. The second-order valence-corrected chi connectivity index (χ2v) is 9.46. The van der Waals surface area contributed by atoms with E-state index in [-0.39, 0.29) is 12.5 Å². The lowest BCUT2D eigenvalue weighted by Gasteiger charge is -2.14. The number of hydrogen-bond donors (Lipinski definition) is 2. The SMILES string of the molecule is CC/C(C)=N/Nc1nc2cc(C)c(NC(=O)COc3c(C)cc(C)cc3Br)c(C)c2s1. The molecule has 2 N–H and O–H groups in total. The van der Waals surface area contributed by atoms with Crippen molar-refractivity contribution in [3.8, 4) is 5.75 Å². The molecule has 164 valence electrons. The number of aryl methyl sites for hydroxylation is 4. The molecular weight excluding hydrogens is 476 g/mol. The van der Waals surface area contributed by atoms with Crippen molar-refractivity contribution >= 4 is 59.9 Å². The minimum Gasteiger partial charge on any atom is -0.482 e. The van der Waals surface area contributed by atoms with Gasteiger partial charge in [-0.05, 0) is 91.4 Å². The maximum absolute atomic E-state index is 12.6. The molecule has 0 saturated carbocycles. The first-order valence-corrected chi connectivity index (χ1v) is 11.7. The molecule has 0 radical (unpaired) electrons. The molecule has 1 aromatic heterocycles. The number of hydrazone groups is 1. The Bertz CT molecular complexity index is 1150. The minimum atomic E-state index is -0.205. The Balaban J connectivity index is 1.77. The van der Waals surface area contributed by atoms with E-state index in [4.69, 9.17) is 4.74 Å². The molecule has 2 aromatic carbocycles. The summed E-state index contributed by atoms with van der Waals surface area (Å²) in [6.07, 6.45) is 0.882. The molecule has 8 heteroatoms. The van der Waals surface area contributed by atoms with Crippen LogP contribution in [0.2, 0.25) is 0 Å². The second-order valence-electron chi connectivity index (χ2n) is 7.60. The van der Waals surface area contributed by atoms with E-state index in [0.717, 1.165) is 59.9 Å². The van der Waals surface area contributed by atoms with E-state index in [1.165, 1.54) is 11.3 Å². The third-order valence-corrected chi connectivity index (χ3v) is 6.64. The van der Waals surface area contributed by atoms with Crippen LogP contribution in [0.1, 0.15) is 42.5 Å². The number of fused-ring (bicyclic) bond motifs is 1. The maximum atomic E-state index is 12.6. The number of benzene rings is 2. The first-order chi connectivity index (χ1) is 14.7. The molecule has 0 saturated heterocycles. The number of halogens is 1. The zero-order valence-corrected chi connectivity index (χ0v) is 21.0. The molecular formula is C23H27BrN4O2S. The van der Waals surface area contributed by atoms with Crippen molar-refractivity contribution in [2.45, 2.75) is 48.0 Å². The summed E-state index contributed by atoms with van der Waals surface area (Å²) in [5, 5.41) is 8.07. The van der Waals surface area contributed by atoms with Gasteiger partial charge in [-0.2, -0.15) is 5.10 Å². The van der Waals surface area contributed by atoms with Crippen molar-refractivity contribution in [2.24, 2.45) is 5.10 Å². The third-order valence-electron chi connectivity index (χ3n) is 4.96. The number of hydrogen-bond acceptors (Lipinski definition) is 6. The summed E-state index contributed by atoms with van der Waals surface area (Å²) < 4.78 is 7.66. The fourth-order valence-electron chi connectivity index (χ4n) is 3.25. The van der Waals surface area contributed by atoms with Crippen LogP contribution in [0.25, 0.3) is 10.2 Å². The van der Waals surface area contributed by atoms with Crippen molar-refractivity contribution in [3.63, 3.8) is 0 Å². The van der Waals surface area contributed by atoms with Gasteiger partial charge in [-0.1, -0.05) is 24.3 Å². The zero-order valence-electron chi connectivity index (χ0n) is 18.6. The van der Waals surface area contributed by atoms with Crippen molar-refractivity contribution < 1.29 is 9.53 Å². The Labute approximate surface area is 195 Å². The van der Waals surface area contributed by atoms with Gasteiger partial charge in [0.05, 0.1) is 14.7 Å². The van der Waals surface area contributed by atoms with Gasteiger partial charge in [0.15, 0.2) is 6.61 Å². The van der Waals surface area contributed by atoms with E-state index < -0.39 is 0 Å². The highest BCUT2D eigenvalue weighted by atomic mass is 79.9. The predicted octanol–water partition coefficient (Wildman–Crippen LogP) is 6.51. The van der Waals surface area contributed by atoms with Gasteiger partial charge in [-0.15, -0.1) is 0 Å². The lowest BCUT2D eigenvalue weighted by atomic mass is 10.1. The quantitative estimate of drug-likeness (QED) is 0.285. The first-order valence-electron chi connectivity index (χ1n) is 10.1. The van der Waals surface area contributed by atoms with Crippen LogP contribution in [0.5, 0.6) is 5.75 Å². The molecule has 3 rings (SSSR count). The fraction of sp³-hybridized carbons (Fsp3) is 0.348. The van der Waals surface area contributed by atoms with Crippen LogP contribution in [-0.2, 0) is 4.79 Å². The number of carbonyl (C=O) groups is 1. The molecule has 0 bridgehead atoms. The Morgan fingerprint density at radius 3 is 2.61 bits per heavy atom. The number of nitrogens with one attached hydrogen (secondary N) is 2. The summed E-state index contributed by atoms with van der Waals surface area (Å²) in [5.74, 6) is 0.481. The predicted molar refractivity (Wildman–Crippen MR) is 134 cm³/mol. The smallest absolute Gasteiger partial charge is 0.262 e. The molecule has 0 fully saturated rings. The Morgan fingerprint density at radius 1 is 1.19 bits per heavy atom. The summed E-state index contributed by atoms with van der Waals surface area (Å²) in [6.45, 7) is 11.9. The lowest BCUT2D eigenvalue weighted by Crippen LogP contribution is -2.21. The van der Waals surface area contributed by atoms with E-state index in [9.17, 15) is 4.79 Å². The summed E-state index contributed by atoms with van der Waals surface area (Å²) in [6, 6.07) is 5.99. The molecule has 0 unspecified atom stereocenters. The van der Waals surface area contributed by atoms with Gasteiger partial charge < -0.3 is 10.1 Å². The van der Waals surface area contributed by atoms with Crippen LogP contribution in [0.3, 0.4) is 0 Å². The molecule has 1 amide bonds. The number of carbonyl (C=O) groups excluding carboxylic acids is 1. The Hall–Kier alpha value is -2.45. The normalized spacial score (nSPS) is 11.6. The number of nitrogens with zero attached hydrogens (tertiary/aromatic N) is 2. The first kappa shape index (κ1) is 23.2. The monoisotopic (exact) mass is 502 g/mol. The van der Waals surface area contributed by atoms with Crippen LogP contribution < -0.4 is 15.5 Å². The topological polar surface area (TPSA) is 75.6 Å². The van der Waals surface area contributed by atoms with Gasteiger partial charge in [0.2, 0.25) is 5.13 Å². The number of amides is 1. The molecule has 0 aliphatic rings. The molecule has 31 heavy (non-hydrogen) atoms. The van der Waals surface area contributed by atoms with E-state index in [2.05, 4.69) is 43.7 Å². The minimum absolute atomic E-state index is 0.0695. The number of anilines is 2. The number of ether oxygens (including phenoxy) is 1. The highest BCUT2D eigenvalue weighted by Gasteiger charge is 2.16. The van der Waals surface area contributed by atoms with Crippen LogP contribution in [0.15, 0.2) is 27.8 Å². The number of thiazole rings is 1.